The molecule has 1 aliphatic heterocycles. The van der Waals surface area contributed by atoms with E-state index in [-0.39, 0.29) is 17.2 Å². The number of H-pyrrole nitrogens is 1. The van der Waals surface area contributed by atoms with Gasteiger partial charge in [-0.3, -0.25) is 9.89 Å². The molecule has 1 atom stereocenters. The van der Waals surface area contributed by atoms with Crippen molar-refractivity contribution in [3.8, 4) is 11.1 Å². The molecule has 1 aliphatic rings. The van der Waals surface area contributed by atoms with Crippen LogP contribution in [0.4, 0.5) is 4.39 Å². The molecule has 0 bridgehead atoms. The molecule has 170 valence electrons. The summed E-state index contributed by atoms with van der Waals surface area (Å²) in [4.78, 5) is 13.0. The maximum absolute atomic E-state index is 13.5. The number of hydrogen-bond donors (Lipinski definition) is 2. The number of hydrogen-bond acceptors (Lipinski definition) is 4. The number of benzene rings is 2. The molecule has 3 heterocycles. The van der Waals surface area contributed by atoms with Crippen molar-refractivity contribution in [2.24, 2.45) is 0 Å². The molecule has 33 heavy (non-hydrogen) atoms. The van der Waals surface area contributed by atoms with E-state index in [9.17, 15) is 14.3 Å². The molecule has 4 aromatic rings. The molecule has 0 spiro atoms. The van der Waals surface area contributed by atoms with E-state index in [4.69, 9.17) is 16.3 Å². The van der Waals surface area contributed by atoms with Crippen molar-refractivity contribution in [3.63, 3.8) is 0 Å². The van der Waals surface area contributed by atoms with Crippen LogP contribution >= 0.6 is 11.6 Å². The van der Waals surface area contributed by atoms with Gasteiger partial charge in [0, 0.05) is 42.5 Å². The van der Waals surface area contributed by atoms with Crippen molar-refractivity contribution < 1.29 is 14.2 Å². The summed E-state index contributed by atoms with van der Waals surface area (Å²) in [5.74, 6) is -0.172. The number of rotatable bonds is 5. The van der Waals surface area contributed by atoms with Gasteiger partial charge in [0.05, 0.1) is 23.2 Å². The van der Waals surface area contributed by atoms with Gasteiger partial charge >= 0.3 is 0 Å². The first-order chi connectivity index (χ1) is 16.0. The second-order valence-electron chi connectivity index (χ2n) is 8.29. The van der Waals surface area contributed by atoms with E-state index < -0.39 is 11.9 Å². The zero-order chi connectivity index (χ0) is 22.9. The van der Waals surface area contributed by atoms with Crippen molar-refractivity contribution in [1.29, 1.82) is 0 Å². The number of aliphatic hydroxyl groups is 1. The summed E-state index contributed by atoms with van der Waals surface area (Å²) < 4.78 is 20.5. The van der Waals surface area contributed by atoms with E-state index >= 15 is 0 Å². The van der Waals surface area contributed by atoms with Gasteiger partial charge in [-0.1, -0.05) is 23.7 Å². The third-order valence-electron chi connectivity index (χ3n) is 6.33. The van der Waals surface area contributed by atoms with Crippen LogP contribution in [0.15, 0.2) is 59.5 Å². The molecule has 5 rings (SSSR count). The number of nitrogens with one attached hydrogen (secondary N) is 1. The Kier molecular flexibility index (Phi) is 6.01. The molecule has 0 amide bonds. The van der Waals surface area contributed by atoms with Crippen molar-refractivity contribution in [1.82, 2.24) is 14.8 Å². The summed E-state index contributed by atoms with van der Waals surface area (Å²) in [7, 11) is 0. The van der Waals surface area contributed by atoms with Gasteiger partial charge in [-0.25, -0.2) is 4.39 Å². The quantitative estimate of drug-likeness (QED) is 0.447. The molecule has 2 aromatic heterocycles. The van der Waals surface area contributed by atoms with E-state index in [2.05, 4.69) is 16.3 Å². The average molecular weight is 468 g/mol. The monoisotopic (exact) mass is 467 g/mol. The lowest BCUT2D eigenvalue weighted by Crippen LogP contribution is -2.26. The second-order valence-corrected chi connectivity index (χ2v) is 8.70. The summed E-state index contributed by atoms with van der Waals surface area (Å²) >= 11 is 5.90. The van der Waals surface area contributed by atoms with E-state index in [1.807, 2.05) is 18.2 Å². The van der Waals surface area contributed by atoms with E-state index in [1.54, 1.807) is 12.3 Å². The molecule has 6 nitrogen and oxygen atoms in total. The SMILES string of the molecule is O=c1cc(-c2ccc3n[nH]c(C4CCOCC4)c3c2)ccn1[C@H](CO)c1ccc(F)c(Cl)c1. The molecule has 2 N–H and O–H groups in total. The molecule has 2 aromatic carbocycles. The Bertz CT molecular complexity index is 1360. The van der Waals surface area contributed by atoms with Crippen LogP contribution in [0.2, 0.25) is 5.02 Å². The van der Waals surface area contributed by atoms with Crippen LogP contribution < -0.4 is 5.56 Å². The normalized spacial score (nSPS) is 15.7. The van der Waals surface area contributed by atoms with Gasteiger partial charge in [-0.2, -0.15) is 5.10 Å². The van der Waals surface area contributed by atoms with Crippen LogP contribution in [-0.2, 0) is 4.74 Å². The van der Waals surface area contributed by atoms with Crippen molar-refractivity contribution in [3.05, 3.63) is 87.2 Å². The smallest absolute Gasteiger partial charge is 0.251 e. The fourth-order valence-corrected chi connectivity index (χ4v) is 4.70. The topological polar surface area (TPSA) is 80.1 Å². The summed E-state index contributed by atoms with van der Waals surface area (Å²) in [6.45, 7) is 1.17. The number of nitrogens with zero attached hydrogens (tertiary/aromatic N) is 2. The Balaban J connectivity index is 1.49. The van der Waals surface area contributed by atoms with Gasteiger partial charge < -0.3 is 14.4 Å². The number of fused-ring (bicyclic) bond motifs is 1. The summed E-state index contributed by atoms with van der Waals surface area (Å²) in [6.07, 6.45) is 3.55. The van der Waals surface area contributed by atoms with Crippen LogP contribution in [0.25, 0.3) is 22.0 Å². The average Bonchev–Trinajstić information content (AvgIpc) is 3.26. The largest absolute Gasteiger partial charge is 0.394 e. The highest BCUT2D eigenvalue weighted by atomic mass is 35.5. The Morgan fingerprint density at radius 2 is 1.94 bits per heavy atom. The first-order valence-corrected chi connectivity index (χ1v) is 11.3. The molecule has 1 saturated heterocycles. The Labute approximate surface area is 194 Å². The molecule has 0 unspecified atom stereocenters. The predicted octanol–water partition coefficient (Wildman–Crippen LogP) is 4.66. The van der Waals surface area contributed by atoms with E-state index in [0.717, 1.165) is 53.8 Å². The van der Waals surface area contributed by atoms with Gasteiger partial charge in [0.15, 0.2) is 0 Å². The minimum atomic E-state index is -0.666. The highest BCUT2D eigenvalue weighted by molar-refractivity contribution is 6.30. The fourth-order valence-electron chi connectivity index (χ4n) is 4.51. The van der Waals surface area contributed by atoms with Crippen LogP contribution in [0.3, 0.4) is 0 Å². The van der Waals surface area contributed by atoms with Crippen LogP contribution in [-0.4, -0.2) is 39.7 Å². The van der Waals surface area contributed by atoms with Gasteiger partial charge in [-0.15, -0.1) is 0 Å². The van der Waals surface area contributed by atoms with E-state index in [1.165, 1.54) is 22.8 Å². The van der Waals surface area contributed by atoms with Gasteiger partial charge in [0.1, 0.15) is 5.82 Å². The van der Waals surface area contributed by atoms with Crippen molar-refractivity contribution in [2.45, 2.75) is 24.8 Å². The lowest BCUT2D eigenvalue weighted by molar-refractivity contribution is 0.0847. The van der Waals surface area contributed by atoms with Crippen molar-refractivity contribution >= 4 is 22.5 Å². The molecule has 0 saturated carbocycles. The van der Waals surface area contributed by atoms with Gasteiger partial charge in [0.2, 0.25) is 0 Å². The Hall–Kier alpha value is -3.00. The molecule has 8 heteroatoms. The number of aromatic nitrogens is 3. The minimum Gasteiger partial charge on any atom is -0.394 e. The number of halogens is 2. The second kappa shape index (κ2) is 9.09. The van der Waals surface area contributed by atoms with Gasteiger partial charge in [0.25, 0.3) is 5.56 Å². The summed E-state index contributed by atoms with van der Waals surface area (Å²) in [5.41, 5.74) is 3.96. The zero-order valence-electron chi connectivity index (χ0n) is 17.8. The fraction of sp³-hybridized carbons (Fsp3) is 0.280. The lowest BCUT2D eigenvalue weighted by Gasteiger charge is -2.21. The summed E-state index contributed by atoms with van der Waals surface area (Å²) in [5, 5.41) is 18.6. The Morgan fingerprint density at radius 1 is 1.15 bits per heavy atom. The molecular weight excluding hydrogens is 445 g/mol. The number of aliphatic hydroxyl groups excluding tert-OH is 1. The van der Waals surface area contributed by atoms with Crippen molar-refractivity contribution in [2.75, 3.05) is 19.8 Å². The molecule has 0 aliphatic carbocycles. The first kappa shape index (κ1) is 21.8. The van der Waals surface area contributed by atoms with E-state index in [0.29, 0.717) is 11.5 Å². The van der Waals surface area contributed by atoms with Gasteiger partial charge in [-0.05, 0) is 59.9 Å². The van der Waals surface area contributed by atoms with Crippen LogP contribution in [0.5, 0.6) is 0 Å². The standard InChI is InChI=1S/C25H23ClFN3O3/c26-20-12-18(1-3-21(20)27)23(14-31)30-8-5-17(13-24(30)32)16-2-4-22-19(11-16)25(29-28-22)15-6-9-33-10-7-15/h1-5,8,11-13,15,23,31H,6-7,9-10,14H2,(H,28,29)/t23-/m1/s1. The Morgan fingerprint density at radius 3 is 2.67 bits per heavy atom. The van der Waals surface area contributed by atoms with Crippen LogP contribution in [0, 0.1) is 5.82 Å². The highest BCUT2D eigenvalue weighted by Gasteiger charge is 2.21. The number of ether oxygens (including phenoxy) is 1. The maximum Gasteiger partial charge on any atom is 0.251 e. The molecule has 0 radical (unpaired) electrons. The zero-order valence-corrected chi connectivity index (χ0v) is 18.6. The summed E-state index contributed by atoms with van der Waals surface area (Å²) in [6, 6.07) is 12.9. The third kappa shape index (κ3) is 4.19. The lowest BCUT2D eigenvalue weighted by atomic mass is 9.93. The predicted molar refractivity (Wildman–Crippen MR) is 125 cm³/mol. The number of aromatic amines is 1. The molecular formula is C25H23ClFN3O3. The number of pyridine rings is 1. The third-order valence-corrected chi connectivity index (χ3v) is 6.62. The molecule has 1 fully saturated rings. The minimum absolute atomic E-state index is 0.0515. The first-order valence-electron chi connectivity index (χ1n) is 10.9. The highest BCUT2D eigenvalue weighted by Crippen LogP contribution is 2.33. The maximum atomic E-state index is 13.5. The van der Waals surface area contributed by atoms with Crippen LogP contribution in [0.1, 0.15) is 36.1 Å².